The van der Waals surface area contributed by atoms with Crippen LogP contribution in [0, 0.1) is 0 Å². The van der Waals surface area contributed by atoms with E-state index in [-0.39, 0.29) is 23.1 Å². The van der Waals surface area contributed by atoms with Crippen molar-refractivity contribution in [2.75, 3.05) is 14.2 Å². The van der Waals surface area contributed by atoms with E-state index in [1.165, 1.54) is 37.2 Å². The third kappa shape index (κ3) is 3.78. The van der Waals surface area contributed by atoms with E-state index in [0.717, 1.165) is 12.8 Å². The van der Waals surface area contributed by atoms with Crippen LogP contribution in [0.4, 0.5) is 8.78 Å². The summed E-state index contributed by atoms with van der Waals surface area (Å²) in [4.78, 5) is 16.9. The van der Waals surface area contributed by atoms with Crippen LogP contribution in [0.2, 0.25) is 0 Å². The maximum absolute atomic E-state index is 13.0. The molecule has 1 saturated carbocycles. The van der Waals surface area contributed by atoms with E-state index in [1.54, 1.807) is 12.1 Å². The number of hydrogen-bond acceptors (Lipinski definition) is 6. The van der Waals surface area contributed by atoms with Crippen molar-refractivity contribution >= 4 is 11.6 Å². The first-order chi connectivity index (χ1) is 14.0. The summed E-state index contributed by atoms with van der Waals surface area (Å²) in [6, 6.07) is 4.65. The molecule has 0 bridgehead atoms. The third-order valence-corrected chi connectivity index (χ3v) is 4.51. The lowest BCUT2D eigenvalue weighted by Crippen LogP contribution is -2.26. The zero-order valence-electron chi connectivity index (χ0n) is 15.7. The van der Waals surface area contributed by atoms with Gasteiger partial charge in [0.1, 0.15) is 22.8 Å². The molecule has 0 saturated heterocycles. The number of fused-ring (bicyclic) bond motifs is 1. The SMILES string of the molecule is COc1cnn2c(-c3cc(OC)c(C(=O)NC4CC4)c(OC(F)F)c3)cnc2c1. The van der Waals surface area contributed by atoms with Crippen LogP contribution in [0.3, 0.4) is 0 Å². The van der Waals surface area contributed by atoms with Crippen molar-refractivity contribution in [3.05, 3.63) is 36.2 Å². The summed E-state index contributed by atoms with van der Waals surface area (Å²) in [7, 11) is 2.87. The molecule has 1 amide bonds. The minimum absolute atomic E-state index is 0.0456. The number of rotatable bonds is 7. The van der Waals surface area contributed by atoms with E-state index in [1.807, 2.05) is 0 Å². The zero-order valence-corrected chi connectivity index (χ0v) is 15.7. The lowest BCUT2D eigenvalue weighted by molar-refractivity contribution is -0.0502. The topological polar surface area (TPSA) is 87.0 Å². The molecule has 0 unspecified atom stereocenters. The molecule has 10 heteroatoms. The van der Waals surface area contributed by atoms with Crippen molar-refractivity contribution in [2.45, 2.75) is 25.5 Å². The first-order valence-electron chi connectivity index (χ1n) is 8.86. The van der Waals surface area contributed by atoms with Crippen LogP contribution in [0.25, 0.3) is 16.9 Å². The van der Waals surface area contributed by atoms with Gasteiger partial charge < -0.3 is 19.5 Å². The van der Waals surface area contributed by atoms with Crippen LogP contribution in [-0.4, -0.2) is 47.4 Å². The molecule has 0 aliphatic heterocycles. The summed E-state index contributed by atoms with van der Waals surface area (Å²) in [5.41, 5.74) is 1.39. The maximum atomic E-state index is 13.0. The number of halogens is 2. The molecule has 8 nitrogen and oxygen atoms in total. The Morgan fingerprint density at radius 2 is 1.93 bits per heavy atom. The highest BCUT2D eigenvalue weighted by molar-refractivity contribution is 6.01. The van der Waals surface area contributed by atoms with Gasteiger partial charge in [-0.2, -0.15) is 13.9 Å². The Morgan fingerprint density at radius 1 is 1.17 bits per heavy atom. The molecule has 1 aliphatic rings. The summed E-state index contributed by atoms with van der Waals surface area (Å²) in [6.45, 7) is -3.10. The second-order valence-electron chi connectivity index (χ2n) is 6.49. The van der Waals surface area contributed by atoms with Crippen LogP contribution in [-0.2, 0) is 0 Å². The van der Waals surface area contributed by atoms with Crippen LogP contribution < -0.4 is 19.5 Å². The van der Waals surface area contributed by atoms with Gasteiger partial charge in [0, 0.05) is 17.7 Å². The van der Waals surface area contributed by atoms with Crippen LogP contribution in [0.15, 0.2) is 30.6 Å². The molecule has 3 aromatic rings. The molecule has 0 atom stereocenters. The smallest absolute Gasteiger partial charge is 0.387 e. The molecule has 2 aromatic heterocycles. The molecule has 0 spiro atoms. The molecule has 29 heavy (non-hydrogen) atoms. The number of amides is 1. The van der Waals surface area contributed by atoms with Gasteiger partial charge in [-0.05, 0) is 25.0 Å². The van der Waals surface area contributed by atoms with E-state index in [9.17, 15) is 13.6 Å². The second kappa shape index (κ2) is 7.53. The van der Waals surface area contributed by atoms with Gasteiger partial charge in [-0.3, -0.25) is 4.79 Å². The van der Waals surface area contributed by atoms with Crippen molar-refractivity contribution in [3.63, 3.8) is 0 Å². The van der Waals surface area contributed by atoms with Crippen LogP contribution in [0.5, 0.6) is 17.2 Å². The van der Waals surface area contributed by atoms with Crippen molar-refractivity contribution in [2.24, 2.45) is 0 Å². The number of ether oxygens (including phenoxy) is 3. The van der Waals surface area contributed by atoms with Crippen molar-refractivity contribution in [1.29, 1.82) is 0 Å². The Kier molecular flexibility index (Phi) is 4.91. The Labute approximate surface area is 164 Å². The predicted octanol–water partition coefficient (Wildman–Crippen LogP) is 2.91. The molecule has 2 heterocycles. The Bertz CT molecular complexity index is 1070. The largest absolute Gasteiger partial charge is 0.496 e. The number of imidazole rings is 1. The average molecular weight is 404 g/mol. The highest BCUT2D eigenvalue weighted by Gasteiger charge is 2.29. The quantitative estimate of drug-likeness (QED) is 0.652. The number of carbonyl (C=O) groups is 1. The van der Waals surface area contributed by atoms with Gasteiger partial charge in [0.25, 0.3) is 5.91 Å². The molecule has 1 aliphatic carbocycles. The predicted molar refractivity (Wildman–Crippen MR) is 98.6 cm³/mol. The van der Waals surface area contributed by atoms with Crippen molar-refractivity contribution < 1.29 is 27.8 Å². The van der Waals surface area contributed by atoms with E-state index >= 15 is 0 Å². The number of nitrogens with one attached hydrogen (secondary N) is 1. The van der Waals surface area contributed by atoms with Gasteiger partial charge in [0.2, 0.25) is 0 Å². The number of carbonyl (C=O) groups excluding carboxylic acids is 1. The number of methoxy groups -OCH3 is 2. The van der Waals surface area contributed by atoms with Crippen molar-refractivity contribution in [1.82, 2.24) is 19.9 Å². The summed E-state index contributed by atoms with van der Waals surface area (Å²) < 4.78 is 42.7. The Balaban J connectivity index is 1.82. The van der Waals surface area contributed by atoms with E-state index in [4.69, 9.17) is 9.47 Å². The summed E-state index contributed by atoms with van der Waals surface area (Å²) in [5, 5.41) is 7.03. The molecule has 1 N–H and O–H groups in total. The third-order valence-electron chi connectivity index (χ3n) is 4.51. The maximum Gasteiger partial charge on any atom is 0.387 e. The average Bonchev–Trinajstić information content (AvgIpc) is 3.41. The van der Waals surface area contributed by atoms with Gasteiger partial charge in [-0.1, -0.05) is 0 Å². The van der Waals surface area contributed by atoms with Gasteiger partial charge in [0.15, 0.2) is 5.65 Å². The molecular formula is C19H18F2N4O4. The Hall–Kier alpha value is -3.43. The molecule has 152 valence electrons. The highest BCUT2D eigenvalue weighted by Crippen LogP contribution is 2.37. The number of alkyl halides is 2. The fraction of sp³-hybridized carbons (Fsp3) is 0.316. The van der Waals surface area contributed by atoms with Gasteiger partial charge in [-0.15, -0.1) is 0 Å². The summed E-state index contributed by atoms with van der Waals surface area (Å²) in [6.07, 6.45) is 4.75. The van der Waals surface area contributed by atoms with Crippen molar-refractivity contribution in [3.8, 4) is 28.5 Å². The van der Waals surface area contributed by atoms with E-state index < -0.39 is 12.5 Å². The number of hydrogen-bond donors (Lipinski definition) is 1. The fourth-order valence-corrected chi connectivity index (χ4v) is 2.96. The lowest BCUT2D eigenvalue weighted by Gasteiger charge is -2.16. The second-order valence-corrected chi connectivity index (χ2v) is 6.49. The van der Waals surface area contributed by atoms with E-state index in [0.29, 0.717) is 22.7 Å². The first kappa shape index (κ1) is 18.9. The van der Waals surface area contributed by atoms with Crippen LogP contribution >= 0.6 is 0 Å². The van der Waals surface area contributed by atoms with Gasteiger partial charge >= 0.3 is 6.61 Å². The normalized spacial score (nSPS) is 13.6. The fourth-order valence-electron chi connectivity index (χ4n) is 2.96. The van der Waals surface area contributed by atoms with Crippen LogP contribution in [0.1, 0.15) is 23.2 Å². The zero-order chi connectivity index (χ0) is 20.5. The first-order valence-corrected chi connectivity index (χ1v) is 8.86. The lowest BCUT2D eigenvalue weighted by atomic mass is 10.1. The monoisotopic (exact) mass is 404 g/mol. The summed E-state index contributed by atoms with van der Waals surface area (Å²) in [5.74, 6) is -0.163. The Morgan fingerprint density at radius 3 is 2.59 bits per heavy atom. The molecular weight excluding hydrogens is 386 g/mol. The highest BCUT2D eigenvalue weighted by atomic mass is 19.3. The molecule has 1 fully saturated rings. The minimum Gasteiger partial charge on any atom is -0.496 e. The minimum atomic E-state index is -3.10. The molecule has 1 aromatic carbocycles. The number of nitrogens with zero attached hydrogens (tertiary/aromatic N) is 3. The molecule has 4 rings (SSSR count). The standard InChI is InChI=1S/C19H18F2N4O4/c1-27-12-7-16-22-9-13(25(16)23-8-12)10-5-14(28-2)17(15(6-10)29-19(20)21)18(26)24-11-3-4-11/h5-9,11,19H,3-4H2,1-2H3,(H,24,26). The van der Waals surface area contributed by atoms with E-state index in [2.05, 4.69) is 20.1 Å². The molecule has 0 radical (unpaired) electrons. The summed E-state index contributed by atoms with van der Waals surface area (Å²) >= 11 is 0. The van der Waals surface area contributed by atoms with Gasteiger partial charge in [-0.25, -0.2) is 9.50 Å². The number of aromatic nitrogens is 3. The number of benzene rings is 1. The van der Waals surface area contributed by atoms with Gasteiger partial charge in [0.05, 0.1) is 32.3 Å².